The number of hydrogen-bond donors (Lipinski definition) is 1. The van der Waals surface area contributed by atoms with Crippen LogP contribution in [0.1, 0.15) is 5.82 Å². The summed E-state index contributed by atoms with van der Waals surface area (Å²) >= 11 is 1.31. The highest BCUT2D eigenvalue weighted by Gasteiger charge is 2.11. The molecule has 0 amide bonds. The molecule has 0 saturated carbocycles. The third kappa shape index (κ3) is 3.38. The van der Waals surface area contributed by atoms with Crippen LogP contribution in [0.15, 0.2) is 70.6 Å². The van der Waals surface area contributed by atoms with Crippen LogP contribution in [-0.4, -0.2) is 35.4 Å². The van der Waals surface area contributed by atoms with Gasteiger partial charge in [-0.2, -0.15) is 4.68 Å². The predicted octanol–water partition coefficient (Wildman–Crippen LogP) is 2.10. The van der Waals surface area contributed by atoms with Crippen molar-refractivity contribution in [1.82, 2.24) is 35.4 Å². The molecular formula is C17H13N7OS. The summed E-state index contributed by atoms with van der Waals surface area (Å²) in [7, 11) is 0. The van der Waals surface area contributed by atoms with Crippen molar-refractivity contribution in [3.8, 4) is 16.9 Å². The minimum atomic E-state index is -0.281. The number of aromatic amines is 1. The molecule has 0 spiro atoms. The van der Waals surface area contributed by atoms with Crippen LogP contribution in [0.3, 0.4) is 0 Å². The standard InChI is InChI=1S/C17H13N7OS/c25-16-15(12-7-3-1-4-8-12)20-21-17(18-16)26-11-14-19-22-23-24(14)13-9-5-2-6-10-13/h1-10H,11H2,(H,18,21,25). The normalized spacial score (nSPS) is 10.8. The molecule has 0 saturated heterocycles. The van der Waals surface area contributed by atoms with Crippen molar-refractivity contribution in [3.63, 3.8) is 0 Å². The number of aromatic nitrogens is 7. The summed E-state index contributed by atoms with van der Waals surface area (Å²) in [5, 5.41) is 20.3. The molecule has 2 aromatic heterocycles. The van der Waals surface area contributed by atoms with Gasteiger partial charge >= 0.3 is 0 Å². The summed E-state index contributed by atoms with van der Waals surface area (Å²) in [4.78, 5) is 15.0. The average molecular weight is 363 g/mol. The molecule has 0 aliphatic carbocycles. The Kier molecular flexibility index (Phi) is 4.52. The van der Waals surface area contributed by atoms with Crippen LogP contribution in [0.5, 0.6) is 0 Å². The van der Waals surface area contributed by atoms with Crippen LogP contribution in [0.2, 0.25) is 0 Å². The minimum Gasteiger partial charge on any atom is -0.298 e. The Hall–Kier alpha value is -3.33. The summed E-state index contributed by atoms with van der Waals surface area (Å²) in [6.45, 7) is 0. The SMILES string of the molecule is O=c1[nH]c(SCc2nnnn2-c2ccccc2)nnc1-c1ccccc1. The summed E-state index contributed by atoms with van der Waals surface area (Å²) in [6.07, 6.45) is 0. The Morgan fingerprint density at radius 3 is 2.38 bits per heavy atom. The van der Waals surface area contributed by atoms with Crippen molar-refractivity contribution >= 4 is 11.8 Å². The second-order valence-electron chi connectivity index (χ2n) is 5.31. The lowest BCUT2D eigenvalue weighted by molar-refractivity contribution is 0.776. The van der Waals surface area contributed by atoms with Crippen molar-refractivity contribution in [2.24, 2.45) is 0 Å². The molecule has 1 N–H and O–H groups in total. The molecule has 0 aliphatic heterocycles. The fourth-order valence-corrected chi connectivity index (χ4v) is 3.08. The number of hydrogen-bond acceptors (Lipinski definition) is 7. The molecule has 2 heterocycles. The maximum Gasteiger partial charge on any atom is 0.278 e. The van der Waals surface area contributed by atoms with Crippen molar-refractivity contribution in [2.75, 3.05) is 0 Å². The number of rotatable bonds is 5. The Morgan fingerprint density at radius 1 is 0.923 bits per heavy atom. The number of tetrazole rings is 1. The third-order valence-corrected chi connectivity index (χ3v) is 4.46. The lowest BCUT2D eigenvalue weighted by Gasteiger charge is -2.04. The van der Waals surface area contributed by atoms with Crippen molar-refractivity contribution in [2.45, 2.75) is 10.9 Å². The zero-order valence-corrected chi connectivity index (χ0v) is 14.3. The maximum atomic E-state index is 12.3. The molecule has 4 rings (SSSR count). The van der Waals surface area contributed by atoms with Crippen LogP contribution in [-0.2, 0) is 5.75 Å². The van der Waals surface area contributed by atoms with E-state index in [9.17, 15) is 4.79 Å². The fraction of sp³-hybridized carbons (Fsp3) is 0.0588. The van der Waals surface area contributed by atoms with E-state index in [2.05, 4.69) is 30.7 Å². The predicted molar refractivity (Wildman–Crippen MR) is 96.8 cm³/mol. The van der Waals surface area contributed by atoms with Crippen molar-refractivity contribution < 1.29 is 0 Å². The van der Waals surface area contributed by atoms with E-state index in [1.54, 1.807) is 4.68 Å². The first-order chi connectivity index (χ1) is 12.8. The van der Waals surface area contributed by atoms with Gasteiger partial charge in [-0.15, -0.1) is 15.3 Å². The molecular weight excluding hydrogens is 350 g/mol. The van der Waals surface area contributed by atoms with Gasteiger partial charge in [-0.3, -0.25) is 9.78 Å². The van der Waals surface area contributed by atoms with Gasteiger partial charge in [0.1, 0.15) is 0 Å². The highest BCUT2D eigenvalue weighted by atomic mass is 32.2. The van der Waals surface area contributed by atoms with E-state index < -0.39 is 0 Å². The van der Waals surface area contributed by atoms with E-state index in [0.29, 0.717) is 22.4 Å². The lowest BCUT2D eigenvalue weighted by Crippen LogP contribution is -2.14. The van der Waals surface area contributed by atoms with Gasteiger partial charge in [0.25, 0.3) is 5.56 Å². The van der Waals surface area contributed by atoms with Gasteiger partial charge in [-0.05, 0) is 22.6 Å². The molecule has 9 heteroatoms. The van der Waals surface area contributed by atoms with Crippen LogP contribution in [0.25, 0.3) is 16.9 Å². The van der Waals surface area contributed by atoms with Gasteiger partial charge in [0.15, 0.2) is 16.7 Å². The molecule has 2 aromatic carbocycles. The van der Waals surface area contributed by atoms with Crippen molar-refractivity contribution in [3.05, 3.63) is 76.8 Å². The Morgan fingerprint density at radius 2 is 1.65 bits per heavy atom. The van der Waals surface area contributed by atoms with Crippen molar-refractivity contribution in [1.29, 1.82) is 0 Å². The van der Waals surface area contributed by atoms with Crippen LogP contribution < -0.4 is 5.56 Å². The van der Waals surface area contributed by atoms with E-state index >= 15 is 0 Å². The number of H-pyrrole nitrogens is 1. The summed E-state index contributed by atoms with van der Waals surface area (Å²) < 4.78 is 1.65. The van der Waals surface area contributed by atoms with Gasteiger partial charge in [0.05, 0.1) is 11.4 Å². The molecule has 0 aliphatic rings. The number of thioether (sulfide) groups is 1. The molecule has 0 bridgehead atoms. The van der Waals surface area contributed by atoms with Gasteiger partial charge < -0.3 is 0 Å². The van der Waals surface area contributed by atoms with Gasteiger partial charge in [0.2, 0.25) is 0 Å². The monoisotopic (exact) mass is 363 g/mol. The molecule has 0 radical (unpaired) electrons. The molecule has 8 nitrogen and oxygen atoms in total. The number of para-hydroxylation sites is 1. The fourth-order valence-electron chi connectivity index (χ4n) is 2.37. The molecule has 4 aromatic rings. The molecule has 26 heavy (non-hydrogen) atoms. The smallest absolute Gasteiger partial charge is 0.278 e. The first-order valence-corrected chi connectivity index (χ1v) is 8.78. The third-order valence-electron chi connectivity index (χ3n) is 3.60. The quantitative estimate of drug-likeness (QED) is 0.542. The number of nitrogens with zero attached hydrogens (tertiary/aromatic N) is 6. The summed E-state index contributed by atoms with van der Waals surface area (Å²) in [6, 6.07) is 18.8. The molecule has 0 fully saturated rings. The molecule has 0 unspecified atom stereocenters. The van der Waals surface area contributed by atoms with Gasteiger partial charge in [0, 0.05) is 5.56 Å². The minimum absolute atomic E-state index is 0.281. The molecule has 0 atom stereocenters. The highest BCUT2D eigenvalue weighted by Crippen LogP contribution is 2.19. The van der Waals surface area contributed by atoms with Gasteiger partial charge in [-0.25, -0.2) is 0 Å². The van der Waals surface area contributed by atoms with E-state index in [1.807, 2.05) is 60.7 Å². The number of nitrogens with one attached hydrogen (secondary N) is 1. The second kappa shape index (κ2) is 7.28. The Balaban J connectivity index is 1.52. The Labute approximate surface area is 152 Å². The van der Waals surface area contributed by atoms with Crippen LogP contribution in [0.4, 0.5) is 0 Å². The van der Waals surface area contributed by atoms with E-state index in [0.717, 1.165) is 11.3 Å². The lowest BCUT2D eigenvalue weighted by atomic mass is 10.2. The zero-order chi connectivity index (χ0) is 17.8. The Bertz CT molecular complexity index is 1060. The average Bonchev–Trinajstić information content (AvgIpc) is 3.16. The van der Waals surface area contributed by atoms with Crippen LogP contribution in [0, 0.1) is 0 Å². The first kappa shape index (κ1) is 16.2. The van der Waals surface area contributed by atoms with E-state index in [1.165, 1.54) is 11.8 Å². The van der Waals surface area contributed by atoms with Crippen LogP contribution >= 0.6 is 11.8 Å². The first-order valence-electron chi connectivity index (χ1n) is 7.79. The summed E-state index contributed by atoms with van der Waals surface area (Å²) in [5.41, 5.74) is 1.61. The topological polar surface area (TPSA) is 102 Å². The molecule has 128 valence electrons. The van der Waals surface area contributed by atoms with E-state index in [-0.39, 0.29) is 5.56 Å². The van der Waals surface area contributed by atoms with Gasteiger partial charge in [-0.1, -0.05) is 60.3 Å². The zero-order valence-electron chi connectivity index (χ0n) is 13.5. The second-order valence-corrected chi connectivity index (χ2v) is 6.27. The van der Waals surface area contributed by atoms with E-state index in [4.69, 9.17) is 0 Å². The highest BCUT2D eigenvalue weighted by molar-refractivity contribution is 7.98. The number of benzene rings is 2. The maximum absolute atomic E-state index is 12.3. The largest absolute Gasteiger partial charge is 0.298 e. The summed E-state index contributed by atoms with van der Waals surface area (Å²) in [5.74, 6) is 1.09.